The van der Waals surface area contributed by atoms with Gasteiger partial charge in [-0.3, -0.25) is 0 Å². The molecule has 0 spiro atoms. The molecule has 1 unspecified atom stereocenters. The van der Waals surface area contributed by atoms with E-state index < -0.39 is 0 Å². The summed E-state index contributed by atoms with van der Waals surface area (Å²) in [5.74, 6) is 0.808. The van der Waals surface area contributed by atoms with Crippen LogP contribution in [0.15, 0.2) is 42.5 Å². The number of fused-ring (bicyclic) bond motifs is 2. The molecule has 0 radical (unpaired) electrons. The van der Waals surface area contributed by atoms with Gasteiger partial charge >= 0.3 is 0 Å². The van der Waals surface area contributed by atoms with Crippen LogP contribution in [0.4, 0.5) is 10.1 Å². The molecule has 0 amide bonds. The third kappa shape index (κ3) is 2.86. The number of nitrogens with zero attached hydrogens (tertiary/aromatic N) is 1. The minimum atomic E-state index is -0.160. The van der Waals surface area contributed by atoms with Gasteiger partial charge in [-0.05, 0) is 43.9 Å². The number of ether oxygens (including phenoxy) is 1. The van der Waals surface area contributed by atoms with E-state index in [1.165, 1.54) is 5.56 Å². The maximum Gasteiger partial charge on any atom is 0.124 e. The summed E-state index contributed by atoms with van der Waals surface area (Å²) in [5.41, 5.74) is 3.40. The summed E-state index contributed by atoms with van der Waals surface area (Å²) in [6, 6.07) is 13.5. The summed E-state index contributed by atoms with van der Waals surface area (Å²) in [6.07, 6.45) is 0. The van der Waals surface area contributed by atoms with Crippen molar-refractivity contribution in [2.45, 2.75) is 25.3 Å². The molecule has 0 saturated carbocycles. The number of para-hydroxylation sites is 1. The minimum Gasteiger partial charge on any atom is -0.491 e. The van der Waals surface area contributed by atoms with E-state index in [1.807, 2.05) is 38.4 Å². The van der Waals surface area contributed by atoms with Crippen LogP contribution in [0.1, 0.15) is 31.0 Å². The molecule has 0 saturated heterocycles. The highest BCUT2D eigenvalue weighted by Crippen LogP contribution is 2.47. The second-order valence-electron chi connectivity index (χ2n) is 7.04. The van der Waals surface area contributed by atoms with Crippen LogP contribution in [0.3, 0.4) is 0 Å². The Morgan fingerprint density at radius 3 is 2.62 bits per heavy atom. The smallest absolute Gasteiger partial charge is 0.124 e. The molecule has 2 aliphatic rings. The summed E-state index contributed by atoms with van der Waals surface area (Å²) < 4.78 is 19.4. The first-order chi connectivity index (χ1) is 11.5. The Balaban J connectivity index is 0.000000526. The van der Waals surface area contributed by atoms with Crippen molar-refractivity contribution in [3.8, 4) is 5.75 Å². The van der Waals surface area contributed by atoms with Gasteiger partial charge in [0.05, 0.1) is 6.04 Å². The van der Waals surface area contributed by atoms with Gasteiger partial charge in [-0.1, -0.05) is 32.0 Å². The van der Waals surface area contributed by atoms with Crippen LogP contribution in [-0.2, 0) is 5.41 Å². The highest BCUT2D eigenvalue weighted by Gasteiger charge is 2.41. The molecule has 1 atom stereocenters. The van der Waals surface area contributed by atoms with E-state index in [4.69, 9.17) is 4.74 Å². The van der Waals surface area contributed by atoms with Crippen LogP contribution >= 0.6 is 0 Å². The Morgan fingerprint density at radius 1 is 1.17 bits per heavy atom. The normalized spacial score (nSPS) is 19.9. The Kier molecular flexibility index (Phi) is 4.50. The van der Waals surface area contributed by atoms with Gasteiger partial charge in [0.1, 0.15) is 18.2 Å². The Hall–Kier alpha value is -2.07. The Morgan fingerprint density at radius 2 is 1.88 bits per heavy atom. The van der Waals surface area contributed by atoms with Gasteiger partial charge in [-0.15, -0.1) is 0 Å². The van der Waals surface area contributed by atoms with Gasteiger partial charge in [0.2, 0.25) is 0 Å². The van der Waals surface area contributed by atoms with E-state index in [0.29, 0.717) is 6.61 Å². The van der Waals surface area contributed by atoms with Crippen LogP contribution in [-0.4, -0.2) is 27.2 Å². The Labute approximate surface area is 143 Å². The van der Waals surface area contributed by atoms with Gasteiger partial charge in [-0.25, -0.2) is 4.39 Å². The predicted molar refractivity (Wildman–Crippen MR) is 96.4 cm³/mol. The lowest BCUT2D eigenvalue weighted by molar-refractivity contribution is 0.324. The lowest BCUT2D eigenvalue weighted by Gasteiger charge is -2.28. The molecule has 1 N–H and O–H groups in total. The molecule has 0 aromatic heterocycles. The van der Waals surface area contributed by atoms with Gasteiger partial charge < -0.3 is 15.0 Å². The number of rotatable bonds is 1. The average molecular weight is 328 g/mol. The molecule has 2 aromatic rings. The van der Waals surface area contributed by atoms with E-state index in [2.05, 4.69) is 30.1 Å². The molecule has 0 bridgehead atoms. The SMILES string of the molecule is CC1(C)CN(C2COc3ccccc32)c2ccc(F)cc21.CNC. The van der Waals surface area contributed by atoms with Crippen molar-refractivity contribution < 1.29 is 9.13 Å². The van der Waals surface area contributed by atoms with Crippen molar-refractivity contribution in [2.24, 2.45) is 0 Å². The maximum atomic E-state index is 13.6. The second-order valence-corrected chi connectivity index (χ2v) is 7.04. The number of hydrogen-bond acceptors (Lipinski definition) is 3. The number of hydrogen-bond donors (Lipinski definition) is 1. The molecule has 2 aromatic carbocycles. The molecule has 4 rings (SSSR count). The number of anilines is 1. The van der Waals surface area contributed by atoms with Crippen molar-refractivity contribution in [1.29, 1.82) is 0 Å². The topological polar surface area (TPSA) is 24.5 Å². The third-order valence-corrected chi connectivity index (χ3v) is 4.61. The van der Waals surface area contributed by atoms with E-state index in [1.54, 1.807) is 12.1 Å². The summed E-state index contributed by atoms with van der Waals surface area (Å²) in [5, 5.41) is 2.75. The van der Waals surface area contributed by atoms with E-state index >= 15 is 0 Å². The quantitative estimate of drug-likeness (QED) is 0.859. The minimum absolute atomic E-state index is 0.0467. The highest BCUT2D eigenvalue weighted by molar-refractivity contribution is 5.64. The van der Waals surface area contributed by atoms with Crippen molar-refractivity contribution in [3.05, 3.63) is 59.4 Å². The number of benzene rings is 2. The van der Waals surface area contributed by atoms with Crippen LogP contribution in [0, 0.1) is 5.82 Å². The monoisotopic (exact) mass is 328 g/mol. The average Bonchev–Trinajstić information content (AvgIpc) is 3.07. The molecule has 2 heterocycles. The number of nitrogens with one attached hydrogen (secondary N) is 1. The lowest BCUT2D eigenvalue weighted by Crippen LogP contribution is -2.32. The fourth-order valence-electron chi connectivity index (χ4n) is 3.58. The molecule has 0 fully saturated rings. The molecule has 2 aliphatic heterocycles. The predicted octanol–water partition coefficient (Wildman–Crippen LogP) is 3.89. The Bertz CT molecular complexity index is 729. The molecule has 4 heteroatoms. The van der Waals surface area contributed by atoms with Gasteiger partial charge in [0.15, 0.2) is 0 Å². The van der Waals surface area contributed by atoms with Gasteiger partial charge in [0.25, 0.3) is 0 Å². The fourth-order valence-corrected chi connectivity index (χ4v) is 3.58. The second kappa shape index (κ2) is 6.44. The zero-order valence-corrected chi connectivity index (χ0v) is 14.8. The molecule has 24 heavy (non-hydrogen) atoms. The van der Waals surface area contributed by atoms with E-state index in [-0.39, 0.29) is 17.3 Å². The van der Waals surface area contributed by atoms with Crippen molar-refractivity contribution in [3.63, 3.8) is 0 Å². The molecular formula is C20H25FN2O. The van der Waals surface area contributed by atoms with Crippen LogP contribution in [0.2, 0.25) is 0 Å². The largest absolute Gasteiger partial charge is 0.491 e. The first-order valence-corrected chi connectivity index (χ1v) is 8.35. The van der Waals surface area contributed by atoms with E-state index in [9.17, 15) is 4.39 Å². The summed E-state index contributed by atoms with van der Waals surface area (Å²) in [6.45, 7) is 5.89. The van der Waals surface area contributed by atoms with Crippen molar-refractivity contribution in [2.75, 3.05) is 32.1 Å². The van der Waals surface area contributed by atoms with Crippen LogP contribution in [0.5, 0.6) is 5.75 Å². The van der Waals surface area contributed by atoms with E-state index in [0.717, 1.165) is 23.5 Å². The molecule has 0 aliphatic carbocycles. The first-order valence-electron chi connectivity index (χ1n) is 8.35. The van der Waals surface area contributed by atoms with Crippen LogP contribution < -0.4 is 15.0 Å². The van der Waals surface area contributed by atoms with Crippen molar-refractivity contribution in [1.82, 2.24) is 5.32 Å². The van der Waals surface area contributed by atoms with Crippen LogP contribution in [0.25, 0.3) is 0 Å². The third-order valence-electron chi connectivity index (χ3n) is 4.61. The first kappa shape index (κ1) is 16.8. The number of halogens is 1. The fraction of sp³-hybridized carbons (Fsp3) is 0.400. The zero-order valence-electron chi connectivity index (χ0n) is 14.8. The summed E-state index contributed by atoms with van der Waals surface area (Å²) in [7, 11) is 3.75. The van der Waals surface area contributed by atoms with Gasteiger partial charge in [0, 0.05) is 23.2 Å². The molecular weight excluding hydrogens is 303 g/mol. The lowest BCUT2D eigenvalue weighted by atomic mass is 9.87. The molecule has 3 nitrogen and oxygen atoms in total. The maximum absolute atomic E-state index is 13.6. The van der Waals surface area contributed by atoms with Crippen molar-refractivity contribution >= 4 is 5.69 Å². The molecule has 128 valence electrons. The summed E-state index contributed by atoms with van der Waals surface area (Å²) >= 11 is 0. The standard InChI is InChI=1S/C18H18FNO.C2H7N/c1-18(2)11-20(15-8-7-12(19)9-14(15)18)16-10-21-17-6-4-3-5-13(16)17;1-3-2/h3-9,16H,10-11H2,1-2H3;3H,1-2H3. The summed E-state index contributed by atoms with van der Waals surface area (Å²) in [4.78, 5) is 2.36. The van der Waals surface area contributed by atoms with Gasteiger partial charge in [-0.2, -0.15) is 0 Å². The highest BCUT2D eigenvalue weighted by atomic mass is 19.1. The zero-order chi connectivity index (χ0) is 17.3.